The van der Waals surface area contributed by atoms with Gasteiger partial charge in [0.2, 0.25) is 0 Å². The Morgan fingerprint density at radius 3 is 2.70 bits per heavy atom. The van der Waals surface area contributed by atoms with Gasteiger partial charge in [0.1, 0.15) is 11.4 Å². The summed E-state index contributed by atoms with van der Waals surface area (Å²) in [5.74, 6) is 0.997. The zero-order valence-electron chi connectivity index (χ0n) is 12.1. The van der Waals surface area contributed by atoms with Gasteiger partial charge in [0, 0.05) is 0 Å². The summed E-state index contributed by atoms with van der Waals surface area (Å²) in [4.78, 5) is 11.6. The molecule has 1 saturated carbocycles. The van der Waals surface area contributed by atoms with Gasteiger partial charge in [-0.3, -0.25) is 5.32 Å². The van der Waals surface area contributed by atoms with Crippen molar-refractivity contribution in [3.63, 3.8) is 0 Å². The van der Waals surface area contributed by atoms with Crippen molar-refractivity contribution in [1.82, 2.24) is 0 Å². The van der Waals surface area contributed by atoms with E-state index < -0.39 is 11.7 Å². The van der Waals surface area contributed by atoms with E-state index in [2.05, 4.69) is 5.32 Å². The first-order valence-corrected chi connectivity index (χ1v) is 6.83. The molecule has 20 heavy (non-hydrogen) atoms. The largest absolute Gasteiger partial charge is 0.506 e. The van der Waals surface area contributed by atoms with Crippen molar-refractivity contribution in [2.45, 2.75) is 38.7 Å². The number of carbonyl (C=O) groups is 1. The second-order valence-corrected chi connectivity index (χ2v) is 6.24. The molecule has 4 N–H and O–H groups in total. The average molecular weight is 278 g/mol. The number of benzene rings is 1. The summed E-state index contributed by atoms with van der Waals surface area (Å²) in [6.07, 6.45) is 0.487. The SMILES string of the molecule is CC(C)(C)OC(=O)Nc1ccc([C@@H]2C[C@H]2CN)cc1O. The molecular formula is C15H22N2O3. The molecule has 1 fully saturated rings. The number of aromatic hydroxyl groups is 1. The maximum absolute atomic E-state index is 11.6. The van der Waals surface area contributed by atoms with Gasteiger partial charge in [-0.15, -0.1) is 0 Å². The van der Waals surface area contributed by atoms with Crippen LogP contribution >= 0.6 is 0 Å². The number of phenols is 1. The number of hydrogen-bond acceptors (Lipinski definition) is 4. The molecule has 0 bridgehead atoms. The fourth-order valence-corrected chi connectivity index (χ4v) is 2.21. The van der Waals surface area contributed by atoms with E-state index in [0.717, 1.165) is 12.0 Å². The van der Waals surface area contributed by atoms with Crippen molar-refractivity contribution in [3.8, 4) is 5.75 Å². The standard InChI is InChI=1S/C15H22N2O3/c1-15(2,3)20-14(19)17-12-5-4-9(7-13(12)18)11-6-10(11)8-16/h4-5,7,10-11,18H,6,8,16H2,1-3H3,(H,17,19)/t10-,11-/m0/s1. The summed E-state index contributed by atoms with van der Waals surface area (Å²) in [6.45, 7) is 6.03. The molecule has 0 spiro atoms. The summed E-state index contributed by atoms with van der Waals surface area (Å²) in [5, 5.41) is 12.5. The maximum Gasteiger partial charge on any atom is 0.412 e. The lowest BCUT2D eigenvalue weighted by molar-refractivity contribution is 0.0635. The van der Waals surface area contributed by atoms with Crippen molar-refractivity contribution < 1.29 is 14.6 Å². The smallest absolute Gasteiger partial charge is 0.412 e. The minimum atomic E-state index is -0.577. The zero-order valence-corrected chi connectivity index (χ0v) is 12.1. The molecule has 5 heteroatoms. The first-order valence-electron chi connectivity index (χ1n) is 6.83. The molecule has 0 heterocycles. The van der Waals surface area contributed by atoms with Crippen molar-refractivity contribution in [1.29, 1.82) is 0 Å². The Morgan fingerprint density at radius 2 is 2.20 bits per heavy atom. The molecule has 0 saturated heterocycles. The highest BCUT2D eigenvalue weighted by Crippen LogP contribution is 2.47. The third-order valence-corrected chi connectivity index (χ3v) is 3.31. The lowest BCUT2D eigenvalue weighted by Crippen LogP contribution is -2.27. The summed E-state index contributed by atoms with van der Waals surface area (Å²) < 4.78 is 5.14. The van der Waals surface area contributed by atoms with Crippen LogP contribution in [0.4, 0.5) is 10.5 Å². The Kier molecular flexibility index (Phi) is 3.90. The maximum atomic E-state index is 11.6. The lowest BCUT2D eigenvalue weighted by atomic mass is 10.1. The highest BCUT2D eigenvalue weighted by molar-refractivity contribution is 5.87. The van der Waals surface area contributed by atoms with Crippen LogP contribution < -0.4 is 11.1 Å². The highest BCUT2D eigenvalue weighted by atomic mass is 16.6. The molecule has 2 rings (SSSR count). The van der Waals surface area contributed by atoms with E-state index in [4.69, 9.17) is 10.5 Å². The fraction of sp³-hybridized carbons (Fsp3) is 0.533. The molecule has 110 valence electrons. The van der Waals surface area contributed by atoms with E-state index in [-0.39, 0.29) is 5.75 Å². The molecule has 1 aliphatic rings. The summed E-state index contributed by atoms with van der Waals surface area (Å²) in [5.41, 5.74) is 6.47. The number of nitrogens with two attached hydrogens (primary N) is 1. The van der Waals surface area contributed by atoms with Gasteiger partial charge in [-0.1, -0.05) is 6.07 Å². The van der Waals surface area contributed by atoms with Gasteiger partial charge in [-0.2, -0.15) is 0 Å². The summed E-state index contributed by atoms with van der Waals surface area (Å²) >= 11 is 0. The van der Waals surface area contributed by atoms with Crippen LogP contribution in [0.2, 0.25) is 0 Å². The number of nitrogens with one attached hydrogen (secondary N) is 1. The van der Waals surface area contributed by atoms with E-state index in [9.17, 15) is 9.90 Å². The van der Waals surface area contributed by atoms with Crippen molar-refractivity contribution in [3.05, 3.63) is 23.8 Å². The minimum Gasteiger partial charge on any atom is -0.506 e. The molecule has 2 atom stereocenters. The van der Waals surface area contributed by atoms with E-state index >= 15 is 0 Å². The summed E-state index contributed by atoms with van der Waals surface area (Å²) in [7, 11) is 0. The predicted octanol–water partition coefficient (Wildman–Crippen LogP) is 2.80. The molecule has 1 aromatic carbocycles. The van der Waals surface area contributed by atoms with Gasteiger partial charge in [-0.25, -0.2) is 4.79 Å². The van der Waals surface area contributed by atoms with Crippen LogP contribution in [-0.2, 0) is 4.74 Å². The first-order chi connectivity index (χ1) is 9.30. The molecule has 0 radical (unpaired) electrons. The lowest BCUT2D eigenvalue weighted by Gasteiger charge is -2.20. The molecule has 0 unspecified atom stereocenters. The van der Waals surface area contributed by atoms with Gasteiger partial charge < -0.3 is 15.6 Å². The van der Waals surface area contributed by atoms with Gasteiger partial charge in [0.25, 0.3) is 0 Å². The topological polar surface area (TPSA) is 84.6 Å². The first kappa shape index (κ1) is 14.7. The van der Waals surface area contributed by atoms with Crippen LogP contribution in [0.1, 0.15) is 38.7 Å². The predicted molar refractivity (Wildman–Crippen MR) is 77.9 cm³/mol. The second-order valence-electron chi connectivity index (χ2n) is 6.24. The van der Waals surface area contributed by atoms with Gasteiger partial charge >= 0.3 is 6.09 Å². The average Bonchev–Trinajstić information content (AvgIpc) is 3.08. The van der Waals surface area contributed by atoms with Crippen molar-refractivity contribution >= 4 is 11.8 Å². The number of phenolic OH excluding ortho intramolecular Hbond substituents is 1. The Bertz CT molecular complexity index is 508. The van der Waals surface area contributed by atoms with E-state index in [0.29, 0.717) is 24.1 Å². The van der Waals surface area contributed by atoms with Crippen LogP contribution in [-0.4, -0.2) is 23.3 Å². The highest BCUT2D eigenvalue weighted by Gasteiger charge is 2.37. The molecule has 1 amide bonds. The van der Waals surface area contributed by atoms with Crippen LogP contribution in [0.3, 0.4) is 0 Å². The van der Waals surface area contributed by atoms with E-state index in [1.165, 1.54) is 0 Å². The molecular weight excluding hydrogens is 256 g/mol. The van der Waals surface area contributed by atoms with Gasteiger partial charge in [-0.05, 0) is 63.3 Å². The van der Waals surface area contributed by atoms with Gasteiger partial charge in [0.15, 0.2) is 0 Å². The number of amides is 1. The molecule has 1 aliphatic carbocycles. The van der Waals surface area contributed by atoms with E-state index in [1.807, 2.05) is 6.07 Å². The van der Waals surface area contributed by atoms with Crippen LogP contribution in [0.15, 0.2) is 18.2 Å². The Labute approximate surface area is 119 Å². The molecule has 0 aromatic heterocycles. The third-order valence-electron chi connectivity index (χ3n) is 3.31. The minimum absolute atomic E-state index is 0.0519. The summed E-state index contributed by atoms with van der Waals surface area (Å²) in [6, 6.07) is 5.29. The third kappa shape index (κ3) is 3.63. The number of ether oxygens (including phenoxy) is 1. The Balaban J connectivity index is 2.01. The van der Waals surface area contributed by atoms with Gasteiger partial charge in [0.05, 0.1) is 5.69 Å². The van der Waals surface area contributed by atoms with Crippen LogP contribution in [0.25, 0.3) is 0 Å². The Hall–Kier alpha value is -1.75. The number of hydrogen-bond donors (Lipinski definition) is 3. The fourth-order valence-electron chi connectivity index (χ4n) is 2.21. The normalized spacial score (nSPS) is 21.4. The molecule has 1 aromatic rings. The Morgan fingerprint density at radius 1 is 1.50 bits per heavy atom. The van der Waals surface area contributed by atoms with Crippen molar-refractivity contribution in [2.24, 2.45) is 11.7 Å². The zero-order chi connectivity index (χ0) is 14.9. The monoisotopic (exact) mass is 278 g/mol. The van der Waals surface area contributed by atoms with Crippen molar-refractivity contribution in [2.75, 3.05) is 11.9 Å². The number of rotatable bonds is 3. The number of anilines is 1. The second kappa shape index (κ2) is 5.32. The molecule has 0 aliphatic heterocycles. The quantitative estimate of drug-likeness (QED) is 0.742. The number of carbonyl (C=O) groups excluding carboxylic acids is 1. The van der Waals surface area contributed by atoms with Crippen LogP contribution in [0.5, 0.6) is 5.75 Å². The molecule has 5 nitrogen and oxygen atoms in total. The van der Waals surface area contributed by atoms with Crippen LogP contribution in [0, 0.1) is 5.92 Å². The van der Waals surface area contributed by atoms with E-state index in [1.54, 1.807) is 32.9 Å².